The predicted molar refractivity (Wildman–Crippen MR) is 41.5 cm³/mol. The van der Waals surface area contributed by atoms with E-state index in [9.17, 15) is 0 Å². The van der Waals surface area contributed by atoms with Crippen molar-refractivity contribution in [3.63, 3.8) is 0 Å². The van der Waals surface area contributed by atoms with Gasteiger partial charge in [0.05, 0.1) is 19.3 Å². The zero-order valence-electron chi connectivity index (χ0n) is 7.30. The molecule has 1 unspecified atom stereocenters. The maximum Gasteiger partial charge on any atom is 0.180 e. The molecule has 0 bridgehead atoms. The molecule has 0 aromatic carbocycles. The van der Waals surface area contributed by atoms with Crippen LogP contribution in [0.1, 0.15) is 6.92 Å². The van der Waals surface area contributed by atoms with Crippen LogP contribution in [0, 0.1) is 0 Å². The topological polar surface area (TPSA) is 79.2 Å². The average molecular weight is 180 g/mol. The van der Waals surface area contributed by atoms with Crippen LogP contribution >= 0.6 is 0 Å². The Kier molecular flexibility index (Phi) is 6.23. The fourth-order valence-electron chi connectivity index (χ4n) is 0.677. The van der Waals surface area contributed by atoms with Gasteiger partial charge in [0.15, 0.2) is 6.29 Å². The van der Waals surface area contributed by atoms with E-state index in [1.54, 1.807) is 0 Å². The van der Waals surface area contributed by atoms with Gasteiger partial charge in [-0.3, -0.25) is 0 Å². The van der Waals surface area contributed by atoms with Gasteiger partial charge < -0.3 is 24.8 Å². The van der Waals surface area contributed by atoms with Crippen molar-refractivity contribution < 1.29 is 24.8 Å². The van der Waals surface area contributed by atoms with Crippen LogP contribution in [0.4, 0.5) is 0 Å². The average Bonchev–Trinajstić information content (AvgIpc) is 2.06. The minimum absolute atomic E-state index is 0.306. The minimum Gasteiger partial charge on any atom is -0.394 e. The third-order valence-corrected chi connectivity index (χ3v) is 1.46. The normalized spacial score (nSPS) is 18.8. The summed E-state index contributed by atoms with van der Waals surface area (Å²) in [5.41, 5.74) is 0. The molecule has 12 heavy (non-hydrogen) atoms. The van der Waals surface area contributed by atoms with E-state index in [0.717, 1.165) is 0 Å². The van der Waals surface area contributed by atoms with Gasteiger partial charge in [-0.25, -0.2) is 0 Å². The first-order valence-electron chi connectivity index (χ1n) is 3.73. The third-order valence-electron chi connectivity index (χ3n) is 1.46. The first kappa shape index (κ1) is 11.8. The molecule has 0 amide bonds. The molecule has 3 N–H and O–H groups in total. The van der Waals surface area contributed by atoms with Crippen LogP contribution in [0.3, 0.4) is 0 Å². The van der Waals surface area contributed by atoms with Crippen molar-refractivity contribution in [1.82, 2.24) is 0 Å². The Hall–Kier alpha value is -0.200. The van der Waals surface area contributed by atoms with Gasteiger partial charge in [0, 0.05) is 7.11 Å². The highest BCUT2D eigenvalue weighted by Gasteiger charge is 2.19. The van der Waals surface area contributed by atoms with Crippen molar-refractivity contribution in [3.05, 3.63) is 0 Å². The molecule has 0 rings (SSSR count). The second kappa shape index (κ2) is 6.33. The highest BCUT2D eigenvalue weighted by atomic mass is 16.7. The first-order chi connectivity index (χ1) is 5.65. The number of hydrogen-bond acceptors (Lipinski definition) is 5. The molecule has 0 heterocycles. The van der Waals surface area contributed by atoms with E-state index in [1.165, 1.54) is 14.0 Å². The lowest BCUT2D eigenvalue weighted by Gasteiger charge is -2.22. The number of methoxy groups -OCH3 is 1. The van der Waals surface area contributed by atoms with Gasteiger partial charge in [0.25, 0.3) is 0 Å². The summed E-state index contributed by atoms with van der Waals surface area (Å²) in [5, 5.41) is 26.4. The number of rotatable bonds is 6. The molecule has 0 saturated carbocycles. The van der Waals surface area contributed by atoms with E-state index in [4.69, 9.17) is 20.1 Å². The Morgan fingerprint density at radius 1 is 1.25 bits per heavy atom. The van der Waals surface area contributed by atoms with Crippen molar-refractivity contribution in [2.75, 3.05) is 20.3 Å². The van der Waals surface area contributed by atoms with Crippen molar-refractivity contribution in [1.29, 1.82) is 0 Å². The number of aliphatic hydroxyl groups is 3. The quantitative estimate of drug-likeness (QED) is 0.443. The Morgan fingerprint density at radius 3 is 2.08 bits per heavy atom. The van der Waals surface area contributed by atoms with Crippen LogP contribution in [-0.4, -0.2) is 54.1 Å². The maximum absolute atomic E-state index is 9.03. The summed E-state index contributed by atoms with van der Waals surface area (Å²) < 4.78 is 9.67. The van der Waals surface area contributed by atoms with E-state index in [2.05, 4.69) is 4.74 Å². The van der Waals surface area contributed by atoms with Gasteiger partial charge in [-0.15, -0.1) is 0 Å². The molecule has 0 fully saturated rings. The molecule has 0 radical (unpaired) electrons. The fourth-order valence-corrected chi connectivity index (χ4v) is 0.677. The number of hydrogen-bond donors (Lipinski definition) is 3. The Labute approximate surface area is 71.5 Å². The Morgan fingerprint density at radius 2 is 1.83 bits per heavy atom. The molecule has 0 aromatic rings. The van der Waals surface area contributed by atoms with Crippen LogP contribution in [0.2, 0.25) is 0 Å². The smallest absolute Gasteiger partial charge is 0.180 e. The largest absolute Gasteiger partial charge is 0.394 e. The summed E-state index contributed by atoms with van der Waals surface area (Å²) >= 11 is 0. The Bertz CT molecular complexity index is 102. The molecule has 0 spiro atoms. The SMILES string of the molecule is CO[C@@H](CO)OC(CO)[C@@H](C)O. The van der Waals surface area contributed by atoms with Gasteiger partial charge in [0.2, 0.25) is 0 Å². The van der Waals surface area contributed by atoms with Gasteiger partial charge in [-0.1, -0.05) is 0 Å². The van der Waals surface area contributed by atoms with Gasteiger partial charge in [0.1, 0.15) is 6.10 Å². The lowest BCUT2D eigenvalue weighted by molar-refractivity contribution is -0.200. The second-order valence-electron chi connectivity index (χ2n) is 2.45. The van der Waals surface area contributed by atoms with E-state index >= 15 is 0 Å². The van der Waals surface area contributed by atoms with E-state index in [-0.39, 0.29) is 13.2 Å². The van der Waals surface area contributed by atoms with Gasteiger partial charge >= 0.3 is 0 Å². The molecule has 5 nitrogen and oxygen atoms in total. The molecule has 0 aliphatic rings. The first-order valence-corrected chi connectivity index (χ1v) is 3.73. The molecule has 0 aromatic heterocycles. The molecule has 0 aliphatic heterocycles. The van der Waals surface area contributed by atoms with Gasteiger partial charge in [-0.2, -0.15) is 0 Å². The summed E-state index contributed by atoms with van der Waals surface area (Å²) in [5.74, 6) is 0. The summed E-state index contributed by atoms with van der Waals surface area (Å²) in [7, 11) is 1.37. The number of ether oxygens (including phenoxy) is 2. The highest BCUT2D eigenvalue weighted by Crippen LogP contribution is 2.03. The van der Waals surface area contributed by atoms with Crippen molar-refractivity contribution in [2.45, 2.75) is 25.4 Å². The minimum atomic E-state index is -0.795. The fraction of sp³-hybridized carbons (Fsp3) is 1.00. The van der Waals surface area contributed by atoms with Crippen LogP contribution in [-0.2, 0) is 9.47 Å². The van der Waals surface area contributed by atoms with Crippen LogP contribution in [0.25, 0.3) is 0 Å². The lowest BCUT2D eigenvalue weighted by Crippen LogP contribution is -2.36. The second-order valence-corrected chi connectivity index (χ2v) is 2.45. The lowest BCUT2D eigenvalue weighted by atomic mass is 10.2. The number of aliphatic hydroxyl groups excluding tert-OH is 3. The summed E-state index contributed by atoms with van der Waals surface area (Å²) in [6, 6.07) is 0. The van der Waals surface area contributed by atoms with E-state index < -0.39 is 18.5 Å². The summed E-state index contributed by atoms with van der Waals surface area (Å²) in [4.78, 5) is 0. The van der Waals surface area contributed by atoms with E-state index in [1.807, 2.05) is 0 Å². The predicted octanol–water partition coefficient (Wildman–Crippen LogP) is -1.29. The monoisotopic (exact) mass is 180 g/mol. The van der Waals surface area contributed by atoms with Crippen LogP contribution in [0.15, 0.2) is 0 Å². The van der Waals surface area contributed by atoms with Crippen molar-refractivity contribution >= 4 is 0 Å². The molecular weight excluding hydrogens is 164 g/mol. The van der Waals surface area contributed by atoms with Crippen LogP contribution < -0.4 is 0 Å². The summed E-state index contributed by atoms with van der Waals surface area (Å²) in [6.45, 7) is 0.877. The molecule has 0 aliphatic carbocycles. The van der Waals surface area contributed by atoms with Crippen molar-refractivity contribution in [2.24, 2.45) is 0 Å². The van der Waals surface area contributed by atoms with Crippen LogP contribution in [0.5, 0.6) is 0 Å². The summed E-state index contributed by atoms with van der Waals surface area (Å²) in [6.07, 6.45) is -2.31. The molecule has 5 heteroatoms. The Balaban J connectivity index is 3.82. The standard InChI is InChI=1S/C7H16O5/c1-5(10)6(3-8)12-7(4-9)11-2/h5-10H,3-4H2,1-2H3/t5-,6?,7-/m1/s1. The molecule has 0 saturated heterocycles. The molecule has 3 atom stereocenters. The molecule has 74 valence electrons. The van der Waals surface area contributed by atoms with E-state index in [0.29, 0.717) is 0 Å². The molecular formula is C7H16O5. The zero-order valence-corrected chi connectivity index (χ0v) is 7.30. The zero-order chi connectivity index (χ0) is 9.56. The third kappa shape index (κ3) is 3.99. The van der Waals surface area contributed by atoms with Crippen molar-refractivity contribution in [3.8, 4) is 0 Å². The van der Waals surface area contributed by atoms with Gasteiger partial charge in [-0.05, 0) is 6.92 Å². The highest BCUT2D eigenvalue weighted by molar-refractivity contribution is 4.63. The maximum atomic E-state index is 9.03.